The predicted octanol–water partition coefficient (Wildman–Crippen LogP) is 1.26. The lowest BCUT2D eigenvalue weighted by Gasteiger charge is -2.04. The fraction of sp³-hybridized carbons (Fsp3) is 0.231. The molecule has 0 aliphatic rings. The van der Waals surface area contributed by atoms with E-state index in [4.69, 9.17) is 0 Å². The van der Waals surface area contributed by atoms with Crippen LogP contribution in [0.25, 0.3) is 16.8 Å². The van der Waals surface area contributed by atoms with Gasteiger partial charge >= 0.3 is 0 Å². The van der Waals surface area contributed by atoms with E-state index in [1.807, 2.05) is 25.5 Å². The second kappa shape index (κ2) is 4.31. The third kappa shape index (κ3) is 2.12. The van der Waals surface area contributed by atoms with Gasteiger partial charge in [0.25, 0.3) is 0 Å². The Hall–Kier alpha value is -2.50. The molecule has 3 aromatic rings. The van der Waals surface area contributed by atoms with Crippen molar-refractivity contribution in [2.45, 2.75) is 13.3 Å². The molecule has 0 fully saturated rings. The zero-order valence-corrected chi connectivity index (χ0v) is 10.7. The minimum atomic E-state index is 0.0823. The van der Waals surface area contributed by atoms with Crippen LogP contribution in [-0.2, 0) is 18.3 Å². The summed E-state index contributed by atoms with van der Waals surface area (Å²) in [4.78, 5) is 15.9. The number of aryl methyl sites for hydroxylation is 1. The fourth-order valence-corrected chi connectivity index (χ4v) is 2.05. The quantitative estimate of drug-likeness (QED) is 0.706. The van der Waals surface area contributed by atoms with Crippen LogP contribution in [0.3, 0.4) is 0 Å². The zero-order chi connectivity index (χ0) is 13.4. The smallest absolute Gasteiger partial charge is 0.135 e. The number of hydrogen-bond acceptors (Lipinski definition) is 4. The van der Waals surface area contributed by atoms with Gasteiger partial charge in [0.2, 0.25) is 0 Å². The highest BCUT2D eigenvalue weighted by atomic mass is 16.1. The van der Waals surface area contributed by atoms with Gasteiger partial charge in [-0.25, -0.2) is 9.50 Å². The number of Topliss-reactive ketones (excluding diaryl/α,β-unsaturated/α-hetero) is 1. The number of hydrogen-bond donors (Lipinski definition) is 0. The number of rotatable bonds is 3. The third-order valence-electron chi connectivity index (χ3n) is 2.88. The summed E-state index contributed by atoms with van der Waals surface area (Å²) in [5.41, 5.74) is 3.28. The number of aromatic nitrogens is 5. The molecule has 0 unspecified atom stereocenters. The van der Waals surface area contributed by atoms with Gasteiger partial charge < -0.3 is 0 Å². The monoisotopic (exact) mass is 255 g/mol. The molecule has 19 heavy (non-hydrogen) atoms. The molecular formula is C13H13N5O. The molecule has 6 nitrogen and oxygen atoms in total. The van der Waals surface area contributed by atoms with E-state index < -0.39 is 0 Å². The van der Waals surface area contributed by atoms with Gasteiger partial charge in [-0.15, -0.1) is 0 Å². The van der Waals surface area contributed by atoms with E-state index in [9.17, 15) is 4.79 Å². The second-order valence-electron chi connectivity index (χ2n) is 4.52. The highest BCUT2D eigenvalue weighted by Gasteiger charge is 2.11. The van der Waals surface area contributed by atoms with Crippen molar-refractivity contribution < 1.29 is 4.79 Å². The molecule has 0 N–H and O–H groups in total. The van der Waals surface area contributed by atoms with Gasteiger partial charge in [-0.1, -0.05) is 0 Å². The summed E-state index contributed by atoms with van der Waals surface area (Å²) in [6, 6.07) is 1.86. The normalized spacial score (nSPS) is 11.1. The van der Waals surface area contributed by atoms with Gasteiger partial charge in [0.15, 0.2) is 0 Å². The van der Waals surface area contributed by atoms with Gasteiger partial charge in [0.1, 0.15) is 5.78 Å². The molecule has 0 saturated carbocycles. The molecule has 0 radical (unpaired) electrons. The summed E-state index contributed by atoms with van der Waals surface area (Å²) in [5.74, 6) is 0.0823. The Labute approximate surface area is 109 Å². The van der Waals surface area contributed by atoms with E-state index in [1.165, 1.54) is 0 Å². The first-order chi connectivity index (χ1) is 9.13. The molecule has 0 saturated heterocycles. The average molecular weight is 255 g/mol. The van der Waals surface area contributed by atoms with Crippen molar-refractivity contribution in [1.82, 2.24) is 24.4 Å². The molecule has 6 heteroatoms. The lowest BCUT2D eigenvalue weighted by molar-refractivity contribution is -0.116. The minimum Gasteiger partial charge on any atom is -0.300 e. The number of carbonyl (C=O) groups excluding carboxylic acids is 1. The minimum absolute atomic E-state index is 0.0823. The van der Waals surface area contributed by atoms with Gasteiger partial charge in [-0.2, -0.15) is 10.2 Å². The lowest BCUT2D eigenvalue weighted by Crippen LogP contribution is -2.04. The van der Waals surface area contributed by atoms with E-state index in [2.05, 4.69) is 15.2 Å². The number of fused-ring (bicyclic) bond motifs is 1. The molecule has 0 bridgehead atoms. The van der Waals surface area contributed by atoms with Gasteiger partial charge in [0, 0.05) is 18.8 Å². The molecule has 0 aliphatic heterocycles. The summed E-state index contributed by atoms with van der Waals surface area (Å²) in [7, 11) is 1.85. The Kier molecular flexibility index (Phi) is 2.63. The highest BCUT2D eigenvalue weighted by molar-refractivity contribution is 5.80. The lowest BCUT2D eigenvalue weighted by atomic mass is 10.2. The van der Waals surface area contributed by atoms with Gasteiger partial charge in [-0.3, -0.25) is 9.48 Å². The third-order valence-corrected chi connectivity index (χ3v) is 2.88. The Bertz CT molecular complexity index is 755. The van der Waals surface area contributed by atoms with Crippen LogP contribution in [-0.4, -0.2) is 30.2 Å². The maximum absolute atomic E-state index is 11.3. The number of carbonyl (C=O) groups is 1. The van der Waals surface area contributed by atoms with Crippen LogP contribution in [0.5, 0.6) is 0 Å². The van der Waals surface area contributed by atoms with E-state index in [1.54, 1.807) is 28.5 Å². The van der Waals surface area contributed by atoms with Crippen molar-refractivity contribution in [2.24, 2.45) is 7.05 Å². The standard InChI is InChI=1S/C13H13N5O/c1-9(19)5-11-13-3-4-14-18(13)8-12(16-11)10-6-15-17(2)7-10/h3-4,6-8H,5H2,1-2H3. The van der Waals surface area contributed by atoms with Crippen LogP contribution in [0.15, 0.2) is 30.9 Å². The van der Waals surface area contributed by atoms with Crippen molar-refractivity contribution in [3.63, 3.8) is 0 Å². The second-order valence-corrected chi connectivity index (χ2v) is 4.52. The molecule has 3 heterocycles. The van der Waals surface area contributed by atoms with Crippen LogP contribution >= 0.6 is 0 Å². The van der Waals surface area contributed by atoms with E-state index in [0.29, 0.717) is 6.42 Å². The average Bonchev–Trinajstić information content (AvgIpc) is 2.96. The van der Waals surface area contributed by atoms with Gasteiger partial charge in [-0.05, 0) is 13.0 Å². The zero-order valence-electron chi connectivity index (χ0n) is 10.7. The number of nitrogens with zero attached hydrogens (tertiary/aromatic N) is 5. The van der Waals surface area contributed by atoms with E-state index >= 15 is 0 Å². The summed E-state index contributed by atoms with van der Waals surface area (Å²) in [6.45, 7) is 1.56. The maximum atomic E-state index is 11.3. The molecule has 0 aliphatic carbocycles. The predicted molar refractivity (Wildman–Crippen MR) is 69.6 cm³/mol. The fourth-order valence-electron chi connectivity index (χ4n) is 2.05. The SMILES string of the molecule is CC(=O)Cc1nc(-c2cnn(C)c2)cn2nccc12. The van der Waals surface area contributed by atoms with Crippen LogP contribution in [0.1, 0.15) is 12.6 Å². The van der Waals surface area contributed by atoms with Crippen molar-refractivity contribution >= 4 is 11.3 Å². The number of ketones is 1. The molecule has 0 aromatic carbocycles. The molecular weight excluding hydrogens is 242 g/mol. The van der Waals surface area contributed by atoms with Crippen molar-refractivity contribution in [1.29, 1.82) is 0 Å². The summed E-state index contributed by atoms with van der Waals surface area (Å²) < 4.78 is 3.46. The Morgan fingerprint density at radius 2 is 2.16 bits per heavy atom. The molecule has 3 aromatic heterocycles. The van der Waals surface area contributed by atoms with Crippen LogP contribution in [0.2, 0.25) is 0 Å². The molecule has 0 atom stereocenters. The van der Waals surface area contributed by atoms with E-state index in [-0.39, 0.29) is 5.78 Å². The molecule has 0 spiro atoms. The Balaban J connectivity index is 2.18. The molecule has 0 amide bonds. The molecule has 3 rings (SSSR count). The summed E-state index contributed by atoms with van der Waals surface area (Å²) >= 11 is 0. The maximum Gasteiger partial charge on any atom is 0.135 e. The first-order valence-electron chi connectivity index (χ1n) is 5.95. The van der Waals surface area contributed by atoms with E-state index in [0.717, 1.165) is 22.5 Å². The first-order valence-corrected chi connectivity index (χ1v) is 5.95. The van der Waals surface area contributed by atoms with Crippen molar-refractivity contribution in [2.75, 3.05) is 0 Å². The molecule has 96 valence electrons. The summed E-state index contributed by atoms with van der Waals surface area (Å²) in [6.07, 6.45) is 7.48. The first kappa shape index (κ1) is 11.6. The topological polar surface area (TPSA) is 65.1 Å². The summed E-state index contributed by atoms with van der Waals surface area (Å²) in [5, 5.41) is 8.35. The van der Waals surface area contributed by atoms with Gasteiger partial charge in [0.05, 0.1) is 41.9 Å². The van der Waals surface area contributed by atoms with Crippen molar-refractivity contribution in [3.8, 4) is 11.3 Å². The van der Waals surface area contributed by atoms with Crippen LogP contribution in [0, 0.1) is 0 Å². The largest absolute Gasteiger partial charge is 0.300 e. The Morgan fingerprint density at radius 1 is 1.32 bits per heavy atom. The van der Waals surface area contributed by atoms with Crippen LogP contribution in [0.4, 0.5) is 0 Å². The van der Waals surface area contributed by atoms with Crippen LogP contribution < -0.4 is 0 Å². The van der Waals surface area contributed by atoms with Crippen molar-refractivity contribution in [3.05, 3.63) is 36.5 Å². The highest BCUT2D eigenvalue weighted by Crippen LogP contribution is 2.19. The Morgan fingerprint density at radius 3 is 2.84 bits per heavy atom.